The number of hydrogen-bond donors (Lipinski definition) is 0. The third kappa shape index (κ3) is 4.59. The summed E-state index contributed by atoms with van der Waals surface area (Å²) in [6.07, 6.45) is 4.06. The Morgan fingerprint density at radius 2 is 1.76 bits per heavy atom. The van der Waals surface area contributed by atoms with Gasteiger partial charge in [-0.05, 0) is 41.3 Å². The van der Waals surface area contributed by atoms with Crippen molar-refractivity contribution in [3.05, 3.63) is 65.2 Å². The number of hydrogen-bond acceptors (Lipinski definition) is 5. The average molecular weight is 395 g/mol. The van der Waals surface area contributed by atoms with Gasteiger partial charge in [-0.3, -0.25) is 9.59 Å². The maximum atomic E-state index is 13.0. The highest BCUT2D eigenvalue weighted by atomic mass is 16.5. The highest BCUT2D eigenvalue weighted by Crippen LogP contribution is 2.39. The van der Waals surface area contributed by atoms with Gasteiger partial charge in [0.2, 0.25) is 5.91 Å². The minimum absolute atomic E-state index is 0.0733. The fourth-order valence-electron chi connectivity index (χ4n) is 3.58. The van der Waals surface area contributed by atoms with Gasteiger partial charge in [0.15, 0.2) is 11.5 Å². The lowest BCUT2D eigenvalue weighted by Gasteiger charge is -2.36. The lowest BCUT2D eigenvalue weighted by molar-refractivity contribution is -0.143. The molecule has 3 rings (SSSR count). The van der Waals surface area contributed by atoms with Crippen LogP contribution >= 0.6 is 0 Å². The second-order valence-electron chi connectivity index (χ2n) is 6.73. The van der Waals surface area contributed by atoms with E-state index < -0.39 is 6.04 Å². The van der Waals surface area contributed by atoms with Crippen molar-refractivity contribution < 1.29 is 23.8 Å². The molecular formula is C23H25NO5. The van der Waals surface area contributed by atoms with Gasteiger partial charge < -0.3 is 19.1 Å². The number of amides is 1. The second kappa shape index (κ2) is 9.28. The molecule has 0 N–H and O–H groups in total. The van der Waals surface area contributed by atoms with Crippen molar-refractivity contribution in [2.75, 3.05) is 27.9 Å². The zero-order valence-electron chi connectivity index (χ0n) is 16.9. The van der Waals surface area contributed by atoms with Crippen LogP contribution in [0, 0.1) is 0 Å². The molecule has 29 heavy (non-hydrogen) atoms. The van der Waals surface area contributed by atoms with E-state index in [1.54, 1.807) is 31.3 Å². The predicted octanol–water partition coefficient (Wildman–Crippen LogP) is 3.41. The highest BCUT2D eigenvalue weighted by molar-refractivity contribution is 5.92. The fourth-order valence-corrected chi connectivity index (χ4v) is 3.58. The van der Waals surface area contributed by atoms with E-state index in [-0.39, 0.29) is 18.3 Å². The number of rotatable bonds is 6. The van der Waals surface area contributed by atoms with Crippen molar-refractivity contribution in [1.29, 1.82) is 0 Å². The summed E-state index contributed by atoms with van der Waals surface area (Å²) >= 11 is 0. The van der Waals surface area contributed by atoms with Crippen LogP contribution in [0.5, 0.6) is 11.5 Å². The lowest BCUT2D eigenvalue weighted by Crippen LogP contribution is -2.40. The van der Waals surface area contributed by atoms with E-state index in [4.69, 9.17) is 14.2 Å². The maximum absolute atomic E-state index is 13.0. The summed E-state index contributed by atoms with van der Waals surface area (Å²) in [6.45, 7) is 0.502. The maximum Gasteiger partial charge on any atom is 0.307 e. The number of nitrogens with zero attached hydrogens (tertiary/aromatic N) is 1. The van der Waals surface area contributed by atoms with E-state index in [0.717, 1.165) is 16.7 Å². The second-order valence-corrected chi connectivity index (χ2v) is 6.73. The quantitative estimate of drug-likeness (QED) is 0.554. The topological polar surface area (TPSA) is 65.1 Å². The van der Waals surface area contributed by atoms with E-state index in [0.29, 0.717) is 24.5 Å². The number of ether oxygens (including phenoxy) is 3. The van der Waals surface area contributed by atoms with Crippen LogP contribution in [0.25, 0.3) is 6.08 Å². The lowest BCUT2D eigenvalue weighted by atomic mass is 9.90. The Labute approximate surface area is 170 Å². The third-order valence-electron chi connectivity index (χ3n) is 5.09. The molecule has 0 radical (unpaired) electrons. The standard InChI is InChI=1S/C23H25NO5/c1-27-20-13-17-11-12-24(22(25)10-9-16-7-5-4-6-8-16)19(15-23(26)29-3)18(17)14-21(20)28-2/h4-10,13-14,19H,11-12,15H2,1-3H3/b10-9+/t19-/m1/s1. The van der Waals surface area contributed by atoms with Crippen molar-refractivity contribution in [3.8, 4) is 11.5 Å². The van der Waals surface area contributed by atoms with Gasteiger partial charge in [-0.2, -0.15) is 0 Å². The van der Waals surface area contributed by atoms with Gasteiger partial charge in [0.25, 0.3) is 0 Å². The molecule has 2 aromatic rings. The third-order valence-corrected chi connectivity index (χ3v) is 5.09. The number of fused-ring (bicyclic) bond motifs is 1. The number of benzene rings is 2. The van der Waals surface area contributed by atoms with E-state index >= 15 is 0 Å². The Kier molecular flexibility index (Phi) is 6.54. The first-order valence-corrected chi connectivity index (χ1v) is 9.42. The van der Waals surface area contributed by atoms with Crippen LogP contribution in [0.4, 0.5) is 0 Å². The Hall–Kier alpha value is -3.28. The number of esters is 1. The van der Waals surface area contributed by atoms with Crippen LogP contribution in [0.15, 0.2) is 48.5 Å². The van der Waals surface area contributed by atoms with Crippen LogP contribution in [0.3, 0.4) is 0 Å². The van der Waals surface area contributed by atoms with Gasteiger partial charge in [0.05, 0.1) is 33.8 Å². The molecule has 0 fully saturated rings. The fraction of sp³-hybridized carbons (Fsp3) is 0.304. The first kappa shape index (κ1) is 20.5. The van der Waals surface area contributed by atoms with Gasteiger partial charge in [0, 0.05) is 12.6 Å². The van der Waals surface area contributed by atoms with Crippen molar-refractivity contribution in [3.63, 3.8) is 0 Å². The van der Waals surface area contributed by atoms with E-state index in [1.807, 2.05) is 42.5 Å². The van der Waals surface area contributed by atoms with Gasteiger partial charge in [0.1, 0.15) is 0 Å². The van der Waals surface area contributed by atoms with Gasteiger partial charge in [-0.15, -0.1) is 0 Å². The van der Waals surface area contributed by atoms with E-state index in [9.17, 15) is 9.59 Å². The summed E-state index contributed by atoms with van der Waals surface area (Å²) in [7, 11) is 4.50. The minimum atomic E-state index is -0.432. The normalized spacial score (nSPS) is 15.7. The molecular weight excluding hydrogens is 370 g/mol. The molecule has 6 nitrogen and oxygen atoms in total. The molecule has 1 heterocycles. The summed E-state index contributed by atoms with van der Waals surface area (Å²) in [5, 5.41) is 0. The Morgan fingerprint density at radius 3 is 2.41 bits per heavy atom. The van der Waals surface area contributed by atoms with Crippen molar-refractivity contribution >= 4 is 18.0 Å². The van der Waals surface area contributed by atoms with Crippen molar-refractivity contribution in [2.24, 2.45) is 0 Å². The van der Waals surface area contributed by atoms with E-state index in [1.165, 1.54) is 7.11 Å². The molecule has 0 saturated heterocycles. The summed E-state index contributed by atoms with van der Waals surface area (Å²) in [5.74, 6) is 0.674. The first-order valence-electron chi connectivity index (χ1n) is 9.42. The van der Waals surface area contributed by atoms with Crippen LogP contribution in [-0.4, -0.2) is 44.7 Å². The van der Waals surface area contributed by atoms with E-state index in [2.05, 4.69) is 0 Å². The number of carbonyl (C=O) groups is 2. The van der Waals surface area contributed by atoms with Crippen LogP contribution in [-0.2, 0) is 20.7 Å². The van der Waals surface area contributed by atoms with Crippen molar-refractivity contribution in [1.82, 2.24) is 4.90 Å². The smallest absolute Gasteiger partial charge is 0.307 e. The molecule has 2 aromatic carbocycles. The molecule has 0 saturated carbocycles. The summed E-state index contributed by atoms with van der Waals surface area (Å²) in [5.41, 5.74) is 2.85. The largest absolute Gasteiger partial charge is 0.493 e. The summed E-state index contributed by atoms with van der Waals surface area (Å²) in [4.78, 5) is 26.8. The van der Waals surface area contributed by atoms with Gasteiger partial charge in [-0.25, -0.2) is 0 Å². The summed E-state index contributed by atoms with van der Waals surface area (Å²) < 4.78 is 15.7. The Balaban J connectivity index is 1.94. The van der Waals surface area contributed by atoms with Gasteiger partial charge >= 0.3 is 5.97 Å². The minimum Gasteiger partial charge on any atom is -0.493 e. The monoisotopic (exact) mass is 395 g/mol. The number of carbonyl (C=O) groups excluding carboxylic acids is 2. The van der Waals surface area contributed by atoms with Gasteiger partial charge in [-0.1, -0.05) is 30.3 Å². The molecule has 1 aliphatic heterocycles. The molecule has 1 amide bonds. The van der Waals surface area contributed by atoms with Crippen LogP contribution in [0.2, 0.25) is 0 Å². The molecule has 6 heteroatoms. The molecule has 152 valence electrons. The highest BCUT2D eigenvalue weighted by Gasteiger charge is 2.33. The Bertz CT molecular complexity index is 907. The molecule has 0 spiro atoms. The van der Waals surface area contributed by atoms with Crippen LogP contribution < -0.4 is 9.47 Å². The molecule has 0 unspecified atom stereocenters. The van der Waals surface area contributed by atoms with Crippen molar-refractivity contribution in [2.45, 2.75) is 18.9 Å². The molecule has 1 aliphatic rings. The SMILES string of the molecule is COC(=O)C[C@@H]1c2cc(OC)c(OC)cc2CCN1C(=O)/C=C/c1ccccc1. The predicted molar refractivity (Wildman–Crippen MR) is 110 cm³/mol. The van der Waals surface area contributed by atoms with Crippen LogP contribution in [0.1, 0.15) is 29.2 Å². The average Bonchev–Trinajstić information content (AvgIpc) is 2.77. The first-order chi connectivity index (χ1) is 14.1. The zero-order valence-corrected chi connectivity index (χ0v) is 16.9. The molecule has 1 atom stereocenters. The molecule has 0 aromatic heterocycles. The Morgan fingerprint density at radius 1 is 1.07 bits per heavy atom. The molecule has 0 bridgehead atoms. The molecule has 0 aliphatic carbocycles. The number of methoxy groups -OCH3 is 3. The summed E-state index contributed by atoms with van der Waals surface area (Å²) in [6, 6.07) is 13.0. The zero-order chi connectivity index (χ0) is 20.8.